The number of hydrogen-bond donors (Lipinski definition) is 2. The van der Waals surface area contributed by atoms with Crippen LogP contribution in [0.15, 0.2) is 30.3 Å². The Balaban J connectivity index is 1.23. The van der Waals surface area contributed by atoms with Crippen molar-refractivity contribution in [2.45, 2.75) is 64.2 Å². The largest absolute Gasteiger partial charge is 0.371 e. The van der Waals surface area contributed by atoms with Crippen molar-refractivity contribution in [3.05, 3.63) is 41.5 Å². The van der Waals surface area contributed by atoms with Gasteiger partial charge in [-0.2, -0.15) is 0 Å². The molecular weight excluding hydrogens is 536 g/mol. The molecule has 1 amide bonds. The highest BCUT2D eigenvalue weighted by molar-refractivity contribution is 7.92. The molecule has 2 N–H and O–H groups in total. The zero-order valence-electron chi connectivity index (χ0n) is 22.9. The predicted octanol–water partition coefficient (Wildman–Crippen LogP) is 5.41. The van der Waals surface area contributed by atoms with Crippen molar-refractivity contribution >= 4 is 38.9 Å². The first kappa shape index (κ1) is 27.2. The molecule has 11 heteroatoms. The van der Waals surface area contributed by atoms with E-state index in [0.717, 1.165) is 44.3 Å². The molecule has 4 fully saturated rings. The Kier molecular flexibility index (Phi) is 6.91. The lowest BCUT2D eigenvalue weighted by molar-refractivity contribution is -0.0221. The van der Waals surface area contributed by atoms with Crippen LogP contribution in [0.3, 0.4) is 0 Å². The van der Waals surface area contributed by atoms with Crippen LogP contribution in [0.25, 0.3) is 0 Å². The minimum absolute atomic E-state index is 0.118. The average Bonchev–Trinajstić information content (AvgIpc) is 3.83. The van der Waals surface area contributed by atoms with Crippen molar-refractivity contribution < 1.29 is 22.0 Å². The molecule has 2 saturated heterocycles. The minimum atomic E-state index is -3.47. The normalized spacial score (nSPS) is 21.8. The molecule has 1 aromatic carbocycles. The number of halogens is 2. The predicted molar refractivity (Wildman–Crippen MR) is 153 cm³/mol. The average molecular weight is 574 g/mol. The summed E-state index contributed by atoms with van der Waals surface area (Å²) in [6, 6.07) is 8.68. The minimum Gasteiger partial charge on any atom is -0.371 e. The quantitative estimate of drug-likeness (QED) is 0.439. The molecule has 2 aliphatic carbocycles. The number of nitrogens with zero attached hydrogens (tertiary/aromatic N) is 3. The number of pyridine rings is 1. The number of piperidine rings is 2. The summed E-state index contributed by atoms with van der Waals surface area (Å²) in [7, 11) is -3.47. The zero-order chi connectivity index (χ0) is 28.1. The molecule has 6 rings (SSSR count). The second-order valence-electron chi connectivity index (χ2n) is 12.2. The van der Waals surface area contributed by atoms with Gasteiger partial charge in [-0.3, -0.25) is 9.52 Å². The molecule has 4 aliphatic rings. The van der Waals surface area contributed by atoms with Crippen LogP contribution in [0.1, 0.15) is 67.3 Å². The first-order valence-electron chi connectivity index (χ1n) is 14.3. The van der Waals surface area contributed by atoms with Crippen LogP contribution in [0.5, 0.6) is 0 Å². The van der Waals surface area contributed by atoms with E-state index in [0.29, 0.717) is 34.0 Å². The van der Waals surface area contributed by atoms with Gasteiger partial charge in [-0.05, 0) is 92.7 Å². The van der Waals surface area contributed by atoms with E-state index in [-0.39, 0.29) is 43.5 Å². The molecule has 0 unspecified atom stereocenters. The molecule has 2 aliphatic heterocycles. The number of carbonyl (C=O) groups excluding carboxylic acids is 1. The highest BCUT2D eigenvalue weighted by Gasteiger charge is 2.44. The van der Waals surface area contributed by atoms with Gasteiger partial charge in [0.15, 0.2) is 0 Å². The number of aryl methyl sites for hydroxylation is 1. The number of benzene rings is 1. The van der Waals surface area contributed by atoms with Crippen molar-refractivity contribution in [1.29, 1.82) is 0 Å². The van der Waals surface area contributed by atoms with Crippen LogP contribution in [0.4, 0.5) is 31.8 Å². The Hall–Kier alpha value is -2.95. The Labute approximate surface area is 234 Å². The van der Waals surface area contributed by atoms with Crippen LogP contribution < -0.4 is 19.8 Å². The van der Waals surface area contributed by atoms with Crippen molar-refractivity contribution in [3.63, 3.8) is 0 Å². The zero-order valence-corrected chi connectivity index (χ0v) is 23.7. The number of nitrogens with one attached hydrogen (secondary N) is 2. The molecule has 2 aromatic rings. The van der Waals surface area contributed by atoms with Gasteiger partial charge in [-0.25, -0.2) is 22.2 Å². The molecule has 216 valence electrons. The Morgan fingerprint density at radius 1 is 0.975 bits per heavy atom. The lowest BCUT2D eigenvalue weighted by Crippen LogP contribution is -2.39. The number of anilines is 4. The second kappa shape index (κ2) is 10.2. The van der Waals surface area contributed by atoms with E-state index in [2.05, 4.69) is 19.9 Å². The van der Waals surface area contributed by atoms with Crippen LogP contribution in [-0.4, -0.2) is 57.2 Å². The van der Waals surface area contributed by atoms with Gasteiger partial charge in [-0.15, -0.1) is 0 Å². The topological polar surface area (TPSA) is 94.6 Å². The summed E-state index contributed by atoms with van der Waals surface area (Å²) in [6.07, 6.45) is 6.08. The molecule has 2 saturated carbocycles. The van der Waals surface area contributed by atoms with Crippen molar-refractivity contribution in [2.75, 3.05) is 51.8 Å². The lowest BCUT2D eigenvalue weighted by atomic mass is 9.93. The number of alkyl halides is 2. The fraction of sp³-hybridized carbons (Fsp3) is 0.586. The standard InChI is InChI=1S/C29H37F2N5O3S/c1-20-16-25(32-26(17-20)36-14-10-29(30,31)11-15-36)33-27(37)23-5-4-22(34-40(38,39)19-21-2-3-21)18-24(23)35-12-8-28(6-7-28)9-13-35/h4-5,16-18,21,34H,2-3,6-15,19H2,1H3,(H,32,33,37). The van der Waals surface area contributed by atoms with Gasteiger partial charge < -0.3 is 15.1 Å². The molecule has 8 nitrogen and oxygen atoms in total. The molecule has 0 radical (unpaired) electrons. The second-order valence-corrected chi connectivity index (χ2v) is 14.0. The monoisotopic (exact) mass is 573 g/mol. The van der Waals surface area contributed by atoms with Gasteiger partial charge in [0.2, 0.25) is 10.0 Å². The maximum Gasteiger partial charge on any atom is 0.258 e. The number of carbonyl (C=O) groups is 1. The number of rotatable bonds is 8. The maximum atomic E-state index is 13.7. The molecule has 40 heavy (non-hydrogen) atoms. The van der Waals surface area contributed by atoms with E-state index in [1.165, 1.54) is 12.8 Å². The smallest absolute Gasteiger partial charge is 0.258 e. The number of aromatic nitrogens is 1. The van der Waals surface area contributed by atoms with E-state index in [9.17, 15) is 22.0 Å². The molecule has 0 bridgehead atoms. The molecule has 1 spiro atoms. The highest BCUT2D eigenvalue weighted by atomic mass is 32.2. The maximum absolute atomic E-state index is 13.7. The Morgan fingerprint density at radius 3 is 2.30 bits per heavy atom. The SMILES string of the molecule is Cc1cc(NC(=O)c2ccc(NS(=O)(=O)CC3CC3)cc2N2CCC3(CC2)CC3)nc(N2CCC(F)(F)CC2)c1. The van der Waals surface area contributed by atoms with Crippen LogP contribution in [-0.2, 0) is 10.0 Å². The summed E-state index contributed by atoms with van der Waals surface area (Å²) in [5.41, 5.74) is 2.91. The Bertz CT molecular complexity index is 1390. The number of hydrogen-bond acceptors (Lipinski definition) is 6. The number of amides is 1. The number of sulfonamides is 1. The van der Waals surface area contributed by atoms with Gasteiger partial charge in [0.1, 0.15) is 11.6 Å². The van der Waals surface area contributed by atoms with Crippen LogP contribution in [0.2, 0.25) is 0 Å². The van der Waals surface area contributed by atoms with Crippen molar-refractivity contribution in [2.24, 2.45) is 11.3 Å². The third-order valence-corrected chi connectivity index (χ3v) is 10.3. The lowest BCUT2D eigenvalue weighted by Gasteiger charge is -2.35. The Morgan fingerprint density at radius 2 is 1.65 bits per heavy atom. The first-order chi connectivity index (χ1) is 19.0. The summed E-state index contributed by atoms with van der Waals surface area (Å²) in [5, 5.41) is 2.91. The van der Waals surface area contributed by atoms with Crippen molar-refractivity contribution in [1.82, 2.24) is 4.98 Å². The molecule has 1 aromatic heterocycles. The third-order valence-electron chi connectivity index (χ3n) is 8.81. The third kappa shape index (κ3) is 6.34. The first-order valence-corrected chi connectivity index (χ1v) is 16.0. The summed E-state index contributed by atoms with van der Waals surface area (Å²) in [4.78, 5) is 22.2. The highest BCUT2D eigenvalue weighted by Crippen LogP contribution is 2.54. The summed E-state index contributed by atoms with van der Waals surface area (Å²) >= 11 is 0. The van der Waals surface area contributed by atoms with Crippen LogP contribution in [0, 0.1) is 18.3 Å². The molecule has 3 heterocycles. The van der Waals surface area contributed by atoms with Gasteiger partial charge >= 0.3 is 0 Å². The fourth-order valence-corrected chi connectivity index (χ4v) is 7.41. The van der Waals surface area contributed by atoms with E-state index >= 15 is 0 Å². The van der Waals surface area contributed by atoms with E-state index in [4.69, 9.17) is 0 Å². The van der Waals surface area contributed by atoms with Gasteiger partial charge in [0.05, 0.1) is 22.7 Å². The van der Waals surface area contributed by atoms with Crippen molar-refractivity contribution in [3.8, 4) is 0 Å². The summed E-state index contributed by atoms with van der Waals surface area (Å²) in [6.45, 7) is 3.91. The molecular formula is C29H37F2N5O3S. The van der Waals surface area contributed by atoms with Gasteiger partial charge in [0, 0.05) is 39.0 Å². The van der Waals surface area contributed by atoms with E-state index in [1.54, 1.807) is 24.3 Å². The van der Waals surface area contributed by atoms with Gasteiger partial charge in [0.25, 0.3) is 11.8 Å². The summed E-state index contributed by atoms with van der Waals surface area (Å²) < 4.78 is 55.4. The molecule has 0 atom stereocenters. The van der Waals surface area contributed by atoms with Crippen LogP contribution >= 0.6 is 0 Å². The van der Waals surface area contributed by atoms with E-state index < -0.39 is 15.9 Å². The van der Waals surface area contributed by atoms with Gasteiger partial charge in [-0.1, -0.05) is 0 Å². The summed E-state index contributed by atoms with van der Waals surface area (Å²) in [5.74, 6) is -1.73. The fourth-order valence-electron chi connectivity index (χ4n) is 5.89. The van der Waals surface area contributed by atoms with E-state index in [1.807, 2.05) is 17.9 Å².